The number of hydrogen-bond donors (Lipinski definition) is 2. The molecular weight excluding hydrogens is 304 g/mol. The summed E-state index contributed by atoms with van der Waals surface area (Å²) in [6, 6.07) is 7.42. The smallest absolute Gasteiger partial charge is 0.223 e. The second-order valence-corrected chi connectivity index (χ2v) is 5.03. The van der Waals surface area contributed by atoms with Crippen LogP contribution in [0.2, 0.25) is 5.15 Å². The molecular formula is C15H19ClN4O2. The number of anilines is 2. The van der Waals surface area contributed by atoms with Gasteiger partial charge in [-0.05, 0) is 36.6 Å². The van der Waals surface area contributed by atoms with Crippen molar-refractivity contribution in [3.8, 4) is 11.5 Å². The van der Waals surface area contributed by atoms with Crippen molar-refractivity contribution < 1.29 is 9.47 Å². The lowest BCUT2D eigenvalue weighted by Crippen LogP contribution is -2.07. The highest BCUT2D eigenvalue weighted by molar-refractivity contribution is 6.29. The first-order chi connectivity index (χ1) is 10.6. The average Bonchev–Trinajstić information content (AvgIpc) is 2.50. The van der Waals surface area contributed by atoms with Gasteiger partial charge in [0.05, 0.1) is 14.2 Å². The number of nitrogens with zero attached hydrogens (tertiary/aromatic N) is 2. The van der Waals surface area contributed by atoms with Crippen LogP contribution >= 0.6 is 11.6 Å². The van der Waals surface area contributed by atoms with Gasteiger partial charge in [-0.2, -0.15) is 4.98 Å². The van der Waals surface area contributed by atoms with Crippen LogP contribution in [0.5, 0.6) is 11.5 Å². The summed E-state index contributed by atoms with van der Waals surface area (Å²) in [5.74, 6) is 2.45. The molecule has 0 saturated carbocycles. The van der Waals surface area contributed by atoms with Crippen LogP contribution in [0.25, 0.3) is 0 Å². The summed E-state index contributed by atoms with van der Waals surface area (Å²) in [7, 11) is 3.31. The molecule has 0 radical (unpaired) electrons. The summed E-state index contributed by atoms with van der Waals surface area (Å²) in [4.78, 5) is 7.88. The van der Waals surface area contributed by atoms with Gasteiger partial charge in [0, 0.05) is 12.6 Å². The number of halogens is 1. The number of methoxy groups -OCH3 is 2. The van der Waals surface area contributed by atoms with Crippen molar-refractivity contribution in [2.45, 2.75) is 12.8 Å². The molecule has 0 spiro atoms. The quantitative estimate of drug-likeness (QED) is 0.602. The van der Waals surface area contributed by atoms with Gasteiger partial charge in [0.25, 0.3) is 0 Å². The lowest BCUT2D eigenvalue weighted by atomic mass is 10.1. The van der Waals surface area contributed by atoms with Crippen molar-refractivity contribution in [2.24, 2.45) is 0 Å². The van der Waals surface area contributed by atoms with E-state index in [1.807, 2.05) is 18.2 Å². The number of nitrogens with two attached hydrogens (primary N) is 1. The highest BCUT2D eigenvalue weighted by Crippen LogP contribution is 2.25. The van der Waals surface area contributed by atoms with E-state index in [0.717, 1.165) is 36.4 Å². The molecule has 0 saturated heterocycles. The lowest BCUT2D eigenvalue weighted by molar-refractivity contribution is 0.398. The van der Waals surface area contributed by atoms with Crippen LogP contribution in [0.15, 0.2) is 24.3 Å². The van der Waals surface area contributed by atoms with Gasteiger partial charge in [0.2, 0.25) is 5.95 Å². The molecule has 0 fully saturated rings. The largest absolute Gasteiger partial charge is 0.497 e. The molecule has 1 aromatic carbocycles. The van der Waals surface area contributed by atoms with Gasteiger partial charge in [0.1, 0.15) is 22.5 Å². The van der Waals surface area contributed by atoms with Crippen LogP contribution < -0.4 is 20.5 Å². The van der Waals surface area contributed by atoms with E-state index in [-0.39, 0.29) is 5.95 Å². The number of aromatic nitrogens is 2. The summed E-state index contributed by atoms with van der Waals surface area (Å²) in [5, 5.41) is 3.50. The van der Waals surface area contributed by atoms with Crippen molar-refractivity contribution in [2.75, 3.05) is 31.8 Å². The Kier molecular flexibility index (Phi) is 5.66. The van der Waals surface area contributed by atoms with E-state index in [2.05, 4.69) is 15.3 Å². The predicted octanol–water partition coefficient (Wildman–Crippen LogP) is 2.77. The molecule has 2 rings (SSSR count). The second kappa shape index (κ2) is 7.70. The molecule has 0 amide bonds. The van der Waals surface area contributed by atoms with Crippen LogP contribution in [0, 0.1) is 0 Å². The molecule has 22 heavy (non-hydrogen) atoms. The topological polar surface area (TPSA) is 82.3 Å². The van der Waals surface area contributed by atoms with Crippen molar-refractivity contribution in [1.29, 1.82) is 0 Å². The molecule has 0 aliphatic rings. The molecule has 7 heteroatoms. The van der Waals surface area contributed by atoms with Crippen LogP contribution in [-0.4, -0.2) is 30.7 Å². The third kappa shape index (κ3) is 4.39. The third-order valence-corrected chi connectivity index (χ3v) is 3.32. The molecule has 0 bridgehead atoms. The molecule has 0 aliphatic carbocycles. The van der Waals surface area contributed by atoms with Gasteiger partial charge in [-0.1, -0.05) is 11.6 Å². The Bertz CT molecular complexity index is 617. The summed E-state index contributed by atoms with van der Waals surface area (Å²) >= 11 is 5.83. The fraction of sp³-hybridized carbons (Fsp3) is 0.333. The van der Waals surface area contributed by atoms with E-state index in [4.69, 9.17) is 26.8 Å². The standard InChI is InChI=1S/C15H19ClN4O2/c1-21-11-5-6-12(22-2)10(8-11)4-3-7-18-14-9-13(16)19-15(17)20-14/h5-6,8-9H,3-4,7H2,1-2H3,(H3,17,18,19,20). The summed E-state index contributed by atoms with van der Waals surface area (Å²) in [6.07, 6.45) is 1.74. The first-order valence-corrected chi connectivity index (χ1v) is 7.25. The SMILES string of the molecule is COc1ccc(OC)c(CCCNc2cc(Cl)nc(N)n2)c1. The Labute approximate surface area is 134 Å². The monoisotopic (exact) mass is 322 g/mol. The molecule has 1 heterocycles. The molecule has 2 aromatic rings. The molecule has 3 N–H and O–H groups in total. The van der Waals surface area contributed by atoms with Crippen LogP contribution in [0.4, 0.5) is 11.8 Å². The minimum atomic E-state index is 0.157. The van der Waals surface area contributed by atoms with E-state index in [1.54, 1.807) is 20.3 Å². The highest BCUT2D eigenvalue weighted by Gasteiger charge is 2.05. The zero-order valence-electron chi connectivity index (χ0n) is 12.6. The molecule has 6 nitrogen and oxygen atoms in total. The van der Waals surface area contributed by atoms with E-state index in [9.17, 15) is 0 Å². The highest BCUT2D eigenvalue weighted by atomic mass is 35.5. The summed E-state index contributed by atoms with van der Waals surface area (Å²) in [6.45, 7) is 0.729. The summed E-state index contributed by atoms with van der Waals surface area (Å²) in [5.41, 5.74) is 6.65. The molecule has 0 aliphatic heterocycles. The van der Waals surface area contributed by atoms with E-state index in [1.165, 1.54) is 0 Å². The average molecular weight is 323 g/mol. The lowest BCUT2D eigenvalue weighted by Gasteiger charge is -2.11. The number of rotatable bonds is 7. The van der Waals surface area contributed by atoms with Crippen LogP contribution in [0.3, 0.4) is 0 Å². The number of benzene rings is 1. The normalized spacial score (nSPS) is 10.3. The Hall–Kier alpha value is -2.21. The maximum absolute atomic E-state index is 5.83. The molecule has 0 unspecified atom stereocenters. The Balaban J connectivity index is 1.90. The summed E-state index contributed by atoms with van der Waals surface area (Å²) < 4.78 is 10.6. The Morgan fingerprint density at radius 1 is 1.18 bits per heavy atom. The Morgan fingerprint density at radius 2 is 2.00 bits per heavy atom. The molecule has 118 valence electrons. The molecule has 0 atom stereocenters. The van der Waals surface area contributed by atoms with Gasteiger partial charge < -0.3 is 20.5 Å². The number of nitrogens with one attached hydrogen (secondary N) is 1. The van der Waals surface area contributed by atoms with Crippen molar-refractivity contribution in [3.63, 3.8) is 0 Å². The van der Waals surface area contributed by atoms with Gasteiger partial charge in [-0.15, -0.1) is 0 Å². The van der Waals surface area contributed by atoms with Gasteiger partial charge in [-0.25, -0.2) is 4.98 Å². The minimum Gasteiger partial charge on any atom is -0.497 e. The van der Waals surface area contributed by atoms with Crippen LogP contribution in [-0.2, 0) is 6.42 Å². The maximum atomic E-state index is 5.83. The Morgan fingerprint density at radius 3 is 2.68 bits per heavy atom. The van der Waals surface area contributed by atoms with Gasteiger partial charge in [-0.3, -0.25) is 0 Å². The van der Waals surface area contributed by atoms with Crippen molar-refractivity contribution in [1.82, 2.24) is 9.97 Å². The zero-order valence-corrected chi connectivity index (χ0v) is 13.4. The van der Waals surface area contributed by atoms with E-state index in [0.29, 0.717) is 11.0 Å². The van der Waals surface area contributed by atoms with Crippen molar-refractivity contribution >= 4 is 23.4 Å². The van der Waals surface area contributed by atoms with Gasteiger partial charge in [0.15, 0.2) is 0 Å². The number of hydrogen-bond acceptors (Lipinski definition) is 6. The fourth-order valence-electron chi connectivity index (χ4n) is 2.10. The van der Waals surface area contributed by atoms with Crippen molar-refractivity contribution in [3.05, 3.63) is 35.0 Å². The number of nitrogen functional groups attached to an aromatic ring is 1. The maximum Gasteiger partial charge on any atom is 0.223 e. The van der Waals surface area contributed by atoms with E-state index >= 15 is 0 Å². The number of aryl methyl sites for hydroxylation is 1. The minimum absolute atomic E-state index is 0.157. The van der Waals surface area contributed by atoms with E-state index < -0.39 is 0 Å². The third-order valence-electron chi connectivity index (χ3n) is 3.13. The number of ether oxygens (including phenoxy) is 2. The predicted molar refractivity (Wildman–Crippen MR) is 87.8 cm³/mol. The van der Waals surface area contributed by atoms with Crippen LogP contribution in [0.1, 0.15) is 12.0 Å². The zero-order chi connectivity index (χ0) is 15.9. The first kappa shape index (κ1) is 16.2. The second-order valence-electron chi connectivity index (χ2n) is 4.64. The fourth-order valence-corrected chi connectivity index (χ4v) is 2.29. The first-order valence-electron chi connectivity index (χ1n) is 6.87. The molecule has 1 aromatic heterocycles. The van der Waals surface area contributed by atoms with Gasteiger partial charge >= 0.3 is 0 Å².